The molecule has 1 aromatic rings. The number of nitrogens with one attached hydrogen (secondary N) is 1. The van der Waals surface area contributed by atoms with Crippen molar-refractivity contribution in [2.45, 2.75) is 31.7 Å². The largest absolute Gasteiger partial charge is 0.506 e. The van der Waals surface area contributed by atoms with E-state index >= 15 is 0 Å². The molecule has 17 heavy (non-hydrogen) atoms. The van der Waals surface area contributed by atoms with Crippen LogP contribution in [0, 0.1) is 5.92 Å². The van der Waals surface area contributed by atoms with Gasteiger partial charge in [-0.1, -0.05) is 18.6 Å². The van der Waals surface area contributed by atoms with Crippen molar-refractivity contribution in [2.75, 3.05) is 5.32 Å². The van der Waals surface area contributed by atoms with Gasteiger partial charge < -0.3 is 16.2 Å². The SMILES string of the molecule is NC1CCCC(C(=O)Nc2ccccc2O)C1. The smallest absolute Gasteiger partial charge is 0.227 e. The highest BCUT2D eigenvalue weighted by atomic mass is 16.3. The van der Waals surface area contributed by atoms with Gasteiger partial charge in [0.15, 0.2) is 0 Å². The Hall–Kier alpha value is -1.55. The van der Waals surface area contributed by atoms with Gasteiger partial charge in [0, 0.05) is 12.0 Å². The molecule has 0 aliphatic heterocycles. The summed E-state index contributed by atoms with van der Waals surface area (Å²) in [5.74, 6) is 0.0287. The Morgan fingerprint density at radius 2 is 2.12 bits per heavy atom. The highest BCUT2D eigenvalue weighted by Gasteiger charge is 2.25. The Morgan fingerprint density at radius 1 is 1.35 bits per heavy atom. The summed E-state index contributed by atoms with van der Waals surface area (Å²) in [5.41, 5.74) is 6.33. The zero-order chi connectivity index (χ0) is 12.3. The van der Waals surface area contributed by atoms with E-state index in [4.69, 9.17) is 5.73 Å². The van der Waals surface area contributed by atoms with Crippen molar-refractivity contribution in [2.24, 2.45) is 11.7 Å². The molecule has 1 aliphatic rings. The second kappa shape index (κ2) is 5.19. The van der Waals surface area contributed by atoms with E-state index in [1.165, 1.54) is 0 Å². The normalized spacial score (nSPS) is 24.3. The lowest BCUT2D eigenvalue weighted by Gasteiger charge is -2.25. The molecule has 0 bridgehead atoms. The van der Waals surface area contributed by atoms with Crippen LogP contribution in [0.2, 0.25) is 0 Å². The highest BCUT2D eigenvalue weighted by molar-refractivity contribution is 5.93. The van der Waals surface area contributed by atoms with Crippen molar-refractivity contribution in [3.05, 3.63) is 24.3 Å². The van der Waals surface area contributed by atoms with Gasteiger partial charge in [0.05, 0.1) is 5.69 Å². The Morgan fingerprint density at radius 3 is 2.82 bits per heavy atom. The second-order valence-electron chi connectivity index (χ2n) is 4.63. The zero-order valence-electron chi connectivity index (χ0n) is 9.73. The number of rotatable bonds is 2. The molecule has 1 saturated carbocycles. The molecule has 1 aliphatic carbocycles. The minimum atomic E-state index is -0.0401. The first kappa shape index (κ1) is 11.9. The maximum Gasteiger partial charge on any atom is 0.227 e. The molecule has 4 heteroatoms. The lowest BCUT2D eigenvalue weighted by Crippen LogP contribution is -2.34. The molecule has 2 rings (SSSR count). The number of hydrogen-bond acceptors (Lipinski definition) is 3. The molecule has 2 unspecified atom stereocenters. The molecule has 0 saturated heterocycles. The van der Waals surface area contributed by atoms with E-state index in [1.807, 2.05) is 0 Å². The fourth-order valence-corrected chi connectivity index (χ4v) is 2.28. The maximum atomic E-state index is 12.0. The van der Waals surface area contributed by atoms with Crippen LogP contribution in [0.15, 0.2) is 24.3 Å². The van der Waals surface area contributed by atoms with Gasteiger partial charge in [0.1, 0.15) is 5.75 Å². The van der Waals surface area contributed by atoms with Crippen molar-refractivity contribution >= 4 is 11.6 Å². The van der Waals surface area contributed by atoms with E-state index in [-0.39, 0.29) is 23.6 Å². The average molecular weight is 234 g/mol. The van der Waals surface area contributed by atoms with Crippen LogP contribution in [-0.4, -0.2) is 17.1 Å². The number of carbonyl (C=O) groups is 1. The number of nitrogens with two attached hydrogens (primary N) is 1. The Labute approximate surface area is 101 Å². The van der Waals surface area contributed by atoms with Crippen LogP contribution in [0.4, 0.5) is 5.69 Å². The summed E-state index contributed by atoms with van der Waals surface area (Å²) in [7, 11) is 0. The van der Waals surface area contributed by atoms with E-state index in [0.29, 0.717) is 5.69 Å². The summed E-state index contributed by atoms with van der Waals surface area (Å²) in [4.78, 5) is 12.0. The van der Waals surface area contributed by atoms with Gasteiger partial charge in [-0.3, -0.25) is 4.79 Å². The number of para-hydroxylation sites is 2. The molecule has 1 fully saturated rings. The summed E-state index contributed by atoms with van der Waals surface area (Å²) < 4.78 is 0. The molecule has 0 aromatic heterocycles. The van der Waals surface area contributed by atoms with Crippen molar-refractivity contribution in [1.82, 2.24) is 0 Å². The minimum Gasteiger partial charge on any atom is -0.506 e. The van der Waals surface area contributed by atoms with Crippen molar-refractivity contribution < 1.29 is 9.90 Å². The molecule has 1 aromatic carbocycles. The average Bonchev–Trinajstić information content (AvgIpc) is 2.32. The molecule has 0 spiro atoms. The predicted molar refractivity (Wildman–Crippen MR) is 66.7 cm³/mol. The van der Waals surface area contributed by atoms with Crippen LogP contribution in [0.5, 0.6) is 5.75 Å². The van der Waals surface area contributed by atoms with Gasteiger partial charge >= 0.3 is 0 Å². The van der Waals surface area contributed by atoms with Crippen LogP contribution in [-0.2, 0) is 4.79 Å². The number of hydrogen-bond donors (Lipinski definition) is 3. The van der Waals surface area contributed by atoms with E-state index in [0.717, 1.165) is 25.7 Å². The Kier molecular flexibility index (Phi) is 3.64. The second-order valence-corrected chi connectivity index (χ2v) is 4.63. The van der Waals surface area contributed by atoms with Crippen LogP contribution in [0.1, 0.15) is 25.7 Å². The van der Waals surface area contributed by atoms with Gasteiger partial charge in [-0.25, -0.2) is 0 Å². The number of aromatic hydroxyl groups is 1. The molecular formula is C13H18N2O2. The first-order valence-electron chi connectivity index (χ1n) is 6.01. The van der Waals surface area contributed by atoms with Crippen molar-refractivity contribution in [1.29, 1.82) is 0 Å². The van der Waals surface area contributed by atoms with Crippen molar-refractivity contribution in [3.63, 3.8) is 0 Å². The van der Waals surface area contributed by atoms with E-state index < -0.39 is 0 Å². The summed E-state index contributed by atoms with van der Waals surface area (Å²) in [6, 6.07) is 6.88. The molecular weight excluding hydrogens is 216 g/mol. The third-order valence-electron chi connectivity index (χ3n) is 3.25. The van der Waals surface area contributed by atoms with E-state index in [2.05, 4.69) is 5.32 Å². The quantitative estimate of drug-likeness (QED) is 0.683. The number of anilines is 1. The molecule has 92 valence electrons. The number of phenols is 1. The van der Waals surface area contributed by atoms with Gasteiger partial charge in [-0.15, -0.1) is 0 Å². The molecule has 4 nitrogen and oxygen atoms in total. The van der Waals surface area contributed by atoms with Crippen molar-refractivity contribution in [3.8, 4) is 5.75 Å². The maximum absolute atomic E-state index is 12.0. The Balaban J connectivity index is 1.99. The summed E-state index contributed by atoms with van der Waals surface area (Å²) in [6.07, 6.45) is 3.62. The lowest BCUT2D eigenvalue weighted by molar-refractivity contribution is -0.120. The third-order valence-corrected chi connectivity index (χ3v) is 3.25. The minimum absolute atomic E-state index is 0.0293. The van der Waals surface area contributed by atoms with Crippen LogP contribution >= 0.6 is 0 Å². The first-order chi connectivity index (χ1) is 8.16. The van der Waals surface area contributed by atoms with E-state index in [1.54, 1.807) is 24.3 Å². The van der Waals surface area contributed by atoms with E-state index in [9.17, 15) is 9.90 Å². The summed E-state index contributed by atoms with van der Waals surface area (Å²) >= 11 is 0. The third kappa shape index (κ3) is 2.97. The van der Waals surface area contributed by atoms with Gasteiger partial charge in [-0.05, 0) is 31.4 Å². The monoisotopic (exact) mass is 234 g/mol. The summed E-state index contributed by atoms with van der Waals surface area (Å²) in [6.45, 7) is 0. The fourth-order valence-electron chi connectivity index (χ4n) is 2.28. The molecule has 0 radical (unpaired) electrons. The predicted octanol–water partition coefficient (Wildman–Crippen LogP) is 1.85. The number of benzene rings is 1. The summed E-state index contributed by atoms with van der Waals surface area (Å²) in [5, 5.41) is 12.3. The van der Waals surface area contributed by atoms with Crippen LogP contribution in [0.25, 0.3) is 0 Å². The fraction of sp³-hybridized carbons (Fsp3) is 0.462. The molecule has 4 N–H and O–H groups in total. The topological polar surface area (TPSA) is 75.4 Å². The van der Waals surface area contributed by atoms with Gasteiger partial charge in [0.25, 0.3) is 0 Å². The lowest BCUT2D eigenvalue weighted by atomic mass is 9.85. The van der Waals surface area contributed by atoms with Gasteiger partial charge in [0.2, 0.25) is 5.91 Å². The highest BCUT2D eigenvalue weighted by Crippen LogP contribution is 2.27. The molecule has 1 amide bonds. The standard InChI is InChI=1S/C13H18N2O2/c14-10-5-3-4-9(8-10)13(17)15-11-6-1-2-7-12(11)16/h1-2,6-7,9-10,16H,3-5,8,14H2,(H,15,17). The van der Waals surface area contributed by atoms with Crippen LogP contribution < -0.4 is 11.1 Å². The first-order valence-corrected chi connectivity index (χ1v) is 6.01. The van der Waals surface area contributed by atoms with Gasteiger partial charge in [-0.2, -0.15) is 0 Å². The zero-order valence-corrected chi connectivity index (χ0v) is 9.73. The van der Waals surface area contributed by atoms with Crippen LogP contribution in [0.3, 0.4) is 0 Å². The number of carbonyl (C=O) groups excluding carboxylic acids is 1. The molecule has 2 atom stereocenters. The Bertz CT molecular complexity index is 406. The molecule has 0 heterocycles. The number of phenolic OH excluding ortho intramolecular Hbond substituents is 1. The number of amides is 1.